The Labute approximate surface area is 129 Å². The minimum atomic E-state index is -0.0930. The van der Waals surface area contributed by atoms with E-state index >= 15 is 0 Å². The van der Waals surface area contributed by atoms with Crippen LogP contribution in [0.1, 0.15) is 23.0 Å². The van der Waals surface area contributed by atoms with Crippen LogP contribution in [-0.2, 0) is 6.54 Å². The SMILES string of the molecule is CCN(Cc1ccccc1)C(=O)c1cnc2ccccc2n1. The minimum absolute atomic E-state index is 0.0930. The van der Waals surface area contributed by atoms with Crippen LogP contribution in [0.25, 0.3) is 11.0 Å². The number of carbonyl (C=O) groups excluding carboxylic acids is 1. The Bertz CT molecular complexity index is 786. The predicted molar refractivity (Wildman–Crippen MR) is 86.4 cm³/mol. The van der Waals surface area contributed by atoms with E-state index < -0.39 is 0 Å². The molecule has 0 spiro atoms. The molecule has 4 nitrogen and oxygen atoms in total. The summed E-state index contributed by atoms with van der Waals surface area (Å²) in [4.78, 5) is 23.2. The van der Waals surface area contributed by atoms with Crippen molar-refractivity contribution in [2.75, 3.05) is 6.54 Å². The van der Waals surface area contributed by atoms with E-state index in [9.17, 15) is 4.79 Å². The molecule has 4 heteroatoms. The van der Waals surface area contributed by atoms with E-state index in [1.807, 2.05) is 61.5 Å². The summed E-state index contributed by atoms with van der Waals surface area (Å²) in [6, 6.07) is 17.5. The van der Waals surface area contributed by atoms with E-state index in [0.29, 0.717) is 18.8 Å². The first kappa shape index (κ1) is 14.2. The molecule has 0 radical (unpaired) electrons. The lowest BCUT2D eigenvalue weighted by Gasteiger charge is -2.20. The van der Waals surface area contributed by atoms with Crippen molar-refractivity contribution in [2.24, 2.45) is 0 Å². The van der Waals surface area contributed by atoms with Crippen LogP contribution in [0.2, 0.25) is 0 Å². The van der Waals surface area contributed by atoms with Crippen molar-refractivity contribution >= 4 is 16.9 Å². The summed E-state index contributed by atoms with van der Waals surface area (Å²) in [6.07, 6.45) is 1.55. The van der Waals surface area contributed by atoms with Gasteiger partial charge in [-0.1, -0.05) is 42.5 Å². The number of rotatable bonds is 4. The lowest BCUT2D eigenvalue weighted by Crippen LogP contribution is -2.31. The Morgan fingerprint density at radius 1 is 1.00 bits per heavy atom. The Morgan fingerprint density at radius 3 is 2.41 bits per heavy atom. The molecule has 0 aliphatic carbocycles. The smallest absolute Gasteiger partial charge is 0.274 e. The molecule has 0 N–H and O–H groups in total. The second-order valence-electron chi connectivity index (χ2n) is 5.05. The number of para-hydroxylation sites is 2. The van der Waals surface area contributed by atoms with Gasteiger partial charge in [0.05, 0.1) is 17.2 Å². The molecule has 1 aromatic heterocycles. The molecule has 2 aromatic carbocycles. The fraction of sp³-hybridized carbons (Fsp3) is 0.167. The molecule has 0 atom stereocenters. The first-order valence-corrected chi connectivity index (χ1v) is 7.33. The van der Waals surface area contributed by atoms with Crippen LogP contribution in [0, 0.1) is 0 Å². The highest BCUT2D eigenvalue weighted by molar-refractivity contribution is 5.93. The first-order chi connectivity index (χ1) is 10.8. The van der Waals surface area contributed by atoms with E-state index in [4.69, 9.17) is 0 Å². The van der Waals surface area contributed by atoms with Crippen molar-refractivity contribution in [2.45, 2.75) is 13.5 Å². The van der Waals surface area contributed by atoms with Crippen molar-refractivity contribution in [3.05, 3.63) is 72.1 Å². The first-order valence-electron chi connectivity index (χ1n) is 7.33. The molecule has 0 bridgehead atoms. The molecule has 0 aliphatic heterocycles. The maximum Gasteiger partial charge on any atom is 0.274 e. The van der Waals surface area contributed by atoms with E-state index in [1.165, 1.54) is 0 Å². The normalized spacial score (nSPS) is 10.6. The van der Waals surface area contributed by atoms with Gasteiger partial charge in [-0.25, -0.2) is 4.98 Å². The molecule has 0 aliphatic rings. The lowest BCUT2D eigenvalue weighted by molar-refractivity contribution is 0.0746. The van der Waals surface area contributed by atoms with Crippen molar-refractivity contribution in [3.63, 3.8) is 0 Å². The Balaban J connectivity index is 1.86. The summed E-state index contributed by atoms with van der Waals surface area (Å²) < 4.78 is 0. The topological polar surface area (TPSA) is 46.1 Å². The van der Waals surface area contributed by atoms with Gasteiger partial charge in [-0.15, -0.1) is 0 Å². The van der Waals surface area contributed by atoms with Crippen LogP contribution in [-0.4, -0.2) is 27.3 Å². The van der Waals surface area contributed by atoms with Gasteiger partial charge in [-0.2, -0.15) is 0 Å². The standard InChI is InChI=1S/C18H17N3O/c1-2-21(13-14-8-4-3-5-9-14)18(22)17-12-19-15-10-6-7-11-16(15)20-17/h3-12H,2,13H2,1H3. The largest absolute Gasteiger partial charge is 0.333 e. The minimum Gasteiger partial charge on any atom is -0.333 e. The van der Waals surface area contributed by atoms with E-state index in [2.05, 4.69) is 9.97 Å². The number of carbonyl (C=O) groups is 1. The Morgan fingerprint density at radius 2 is 1.68 bits per heavy atom. The molecule has 110 valence electrons. The van der Waals surface area contributed by atoms with Gasteiger partial charge in [0.15, 0.2) is 0 Å². The van der Waals surface area contributed by atoms with Crippen LogP contribution in [0.3, 0.4) is 0 Å². The molecule has 22 heavy (non-hydrogen) atoms. The van der Waals surface area contributed by atoms with Gasteiger partial charge in [-0.05, 0) is 24.6 Å². The molecular weight excluding hydrogens is 274 g/mol. The summed E-state index contributed by atoms with van der Waals surface area (Å²) in [5.74, 6) is -0.0930. The second-order valence-corrected chi connectivity index (χ2v) is 5.05. The maximum atomic E-state index is 12.6. The molecule has 0 fully saturated rings. The van der Waals surface area contributed by atoms with Gasteiger partial charge < -0.3 is 4.90 Å². The number of amides is 1. The van der Waals surface area contributed by atoms with Crippen molar-refractivity contribution in [1.29, 1.82) is 0 Å². The zero-order valence-corrected chi connectivity index (χ0v) is 12.4. The monoisotopic (exact) mass is 291 g/mol. The number of aromatic nitrogens is 2. The molecule has 3 aromatic rings. The number of hydrogen-bond donors (Lipinski definition) is 0. The van der Waals surface area contributed by atoms with E-state index in [1.54, 1.807) is 11.1 Å². The van der Waals surface area contributed by atoms with E-state index in [0.717, 1.165) is 16.6 Å². The molecule has 1 amide bonds. The summed E-state index contributed by atoms with van der Waals surface area (Å²) in [6.45, 7) is 3.17. The van der Waals surface area contributed by atoms with Crippen molar-refractivity contribution in [1.82, 2.24) is 14.9 Å². The van der Waals surface area contributed by atoms with Crippen LogP contribution in [0.5, 0.6) is 0 Å². The predicted octanol–water partition coefficient (Wildman–Crippen LogP) is 3.29. The highest BCUT2D eigenvalue weighted by Gasteiger charge is 2.16. The summed E-state index contributed by atoms with van der Waals surface area (Å²) in [5, 5.41) is 0. The molecule has 1 heterocycles. The molecular formula is C18H17N3O. The highest BCUT2D eigenvalue weighted by Crippen LogP contribution is 2.12. The van der Waals surface area contributed by atoms with Gasteiger partial charge in [0.25, 0.3) is 5.91 Å². The van der Waals surface area contributed by atoms with Gasteiger partial charge in [0.1, 0.15) is 5.69 Å². The third-order valence-corrected chi connectivity index (χ3v) is 3.55. The number of nitrogens with zero attached hydrogens (tertiary/aromatic N) is 3. The average molecular weight is 291 g/mol. The van der Waals surface area contributed by atoms with Crippen molar-refractivity contribution < 1.29 is 4.79 Å². The second kappa shape index (κ2) is 6.35. The zero-order valence-electron chi connectivity index (χ0n) is 12.4. The number of fused-ring (bicyclic) bond motifs is 1. The highest BCUT2D eigenvalue weighted by atomic mass is 16.2. The molecule has 0 unspecified atom stereocenters. The third kappa shape index (κ3) is 2.96. The van der Waals surface area contributed by atoms with Crippen LogP contribution < -0.4 is 0 Å². The van der Waals surface area contributed by atoms with Gasteiger partial charge in [0, 0.05) is 13.1 Å². The van der Waals surface area contributed by atoms with Gasteiger partial charge in [0.2, 0.25) is 0 Å². The average Bonchev–Trinajstić information content (AvgIpc) is 2.59. The molecule has 0 saturated heterocycles. The van der Waals surface area contributed by atoms with Gasteiger partial charge >= 0.3 is 0 Å². The fourth-order valence-electron chi connectivity index (χ4n) is 2.35. The Hall–Kier alpha value is -2.75. The summed E-state index contributed by atoms with van der Waals surface area (Å²) >= 11 is 0. The number of hydrogen-bond acceptors (Lipinski definition) is 3. The molecule has 3 rings (SSSR count). The summed E-state index contributed by atoms with van der Waals surface area (Å²) in [7, 11) is 0. The van der Waals surface area contributed by atoms with Crippen LogP contribution in [0.15, 0.2) is 60.8 Å². The fourth-order valence-corrected chi connectivity index (χ4v) is 2.35. The zero-order chi connectivity index (χ0) is 15.4. The lowest BCUT2D eigenvalue weighted by atomic mass is 10.2. The van der Waals surface area contributed by atoms with Crippen LogP contribution in [0.4, 0.5) is 0 Å². The van der Waals surface area contributed by atoms with Gasteiger partial charge in [-0.3, -0.25) is 9.78 Å². The van der Waals surface area contributed by atoms with E-state index in [-0.39, 0.29) is 5.91 Å². The quantitative estimate of drug-likeness (QED) is 0.741. The molecule has 0 saturated carbocycles. The van der Waals surface area contributed by atoms with Crippen LogP contribution >= 0.6 is 0 Å². The number of benzene rings is 2. The van der Waals surface area contributed by atoms with Crippen molar-refractivity contribution in [3.8, 4) is 0 Å². The third-order valence-electron chi connectivity index (χ3n) is 3.55. The maximum absolute atomic E-state index is 12.6. The Kier molecular flexibility index (Phi) is 4.10. The summed E-state index contributed by atoms with van der Waals surface area (Å²) in [5.41, 5.74) is 3.03.